The Balaban J connectivity index is 2.57. The zero-order valence-electron chi connectivity index (χ0n) is 5.93. The first-order valence-electron chi connectivity index (χ1n) is 3.47. The van der Waals surface area contributed by atoms with Gasteiger partial charge in [-0.05, 0) is 25.7 Å². The second-order valence-electron chi connectivity index (χ2n) is 3.01. The summed E-state index contributed by atoms with van der Waals surface area (Å²) in [5.74, 6) is -0.703. The molecule has 0 spiro atoms. The standard InChI is InChI=1S/C7H11ClO2/c1-7(8,6(9)10)5-3-2-4-5/h5H,2-4H2,1H3,(H,9,10). The van der Waals surface area contributed by atoms with Crippen molar-refractivity contribution in [3.63, 3.8) is 0 Å². The van der Waals surface area contributed by atoms with E-state index in [0.29, 0.717) is 0 Å². The van der Waals surface area contributed by atoms with Gasteiger partial charge in [0, 0.05) is 0 Å². The third-order valence-electron chi connectivity index (χ3n) is 2.29. The lowest BCUT2D eigenvalue weighted by Crippen LogP contribution is -2.40. The van der Waals surface area contributed by atoms with Crippen LogP contribution in [0.2, 0.25) is 0 Å². The second kappa shape index (κ2) is 2.42. The Morgan fingerprint density at radius 3 is 2.30 bits per heavy atom. The van der Waals surface area contributed by atoms with Gasteiger partial charge in [0.2, 0.25) is 0 Å². The van der Waals surface area contributed by atoms with Crippen molar-refractivity contribution in [3.8, 4) is 0 Å². The minimum Gasteiger partial charge on any atom is -0.480 e. The fourth-order valence-electron chi connectivity index (χ4n) is 1.12. The van der Waals surface area contributed by atoms with Crippen LogP contribution >= 0.6 is 11.6 Å². The highest BCUT2D eigenvalue weighted by molar-refractivity contribution is 6.33. The Kier molecular flexibility index (Phi) is 1.90. The van der Waals surface area contributed by atoms with Crippen LogP contribution in [0.3, 0.4) is 0 Å². The highest BCUT2D eigenvalue weighted by Gasteiger charge is 2.42. The lowest BCUT2D eigenvalue weighted by molar-refractivity contribution is -0.142. The summed E-state index contributed by atoms with van der Waals surface area (Å²) in [7, 11) is 0. The molecule has 1 aliphatic carbocycles. The van der Waals surface area contributed by atoms with Crippen LogP contribution in [0.5, 0.6) is 0 Å². The number of halogens is 1. The SMILES string of the molecule is CC(Cl)(C(=O)O)C1CCC1. The Morgan fingerprint density at radius 2 is 2.20 bits per heavy atom. The average molecular weight is 163 g/mol. The number of hydrogen-bond donors (Lipinski definition) is 1. The molecule has 0 radical (unpaired) electrons. The molecule has 3 heteroatoms. The largest absolute Gasteiger partial charge is 0.480 e. The molecule has 1 saturated carbocycles. The highest BCUT2D eigenvalue weighted by atomic mass is 35.5. The molecule has 1 N–H and O–H groups in total. The number of aliphatic carboxylic acids is 1. The maximum absolute atomic E-state index is 10.5. The molecule has 2 nitrogen and oxygen atoms in total. The third-order valence-corrected chi connectivity index (χ3v) is 2.76. The van der Waals surface area contributed by atoms with Gasteiger partial charge in [-0.3, -0.25) is 4.79 Å². The van der Waals surface area contributed by atoms with Crippen molar-refractivity contribution >= 4 is 17.6 Å². The van der Waals surface area contributed by atoms with E-state index in [4.69, 9.17) is 16.7 Å². The van der Waals surface area contributed by atoms with Crippen LogP contribution in [0.15, 0.2) is 0 Å². The smallest absolute Gasteiger partial charge is 0.324 e. The van der Waals surface area contributed by atoms with Gasteiger partial charge < -0.3 is 5.11 Å². The molecule has 1 aliphatic rings. The summed E-state index contributed by atoms with van der Waals surface area (Å²) in [5, 5.41) is 8.64. The summed E-state index contributed by atoms with van der Waals surface area (Å²) in [6.45, 7) is 1.58. The molecule has 1 rings (SSSR count). The van der Waals surface area contributed by atoms with Crippen LogP contribution < -0.4 is 0 Å². The van der Waals surface area contributed by atoms with E-state index in [0.717, 1.165) is 19.3 Å². The van der Waals surface area contributed by atoms with E-state index in [2.05, 4.69) is 0 Å². The molecule has 0 saturated heterocycles. The van der Waals surface area contributed by atoms with Gasteiger partial charge in [-0.1, -0.05) is 6.42 Å². The fourth-order valence-corrected chi connectivity index (χ4v) is 1.34. The molecule has 58 valence electrons. The Bertz CT molecular complexity index is 150. The van der Waals surface area contributed by atoms with Crippen LogP contribution in [-0.4, -0.2) is 16.0 Å². The number of carboxylic acid groups (broad SMARTS) is 1. The van der Waals surface area contributed by atoms with Crippen molar-refractivity contribution in [1.29, 1.82) is 0 Å². The maximum Gasteiger partial charge on any atom is 0.324 e. The Labute approximate surface area is 65.2 Å². The van der Waals surface area contributed by atoms with Gasteiger partial charge in [0.25, 0.3) is 0 Å². The van der Waals surface area contributed by atoms with E-state index in [1.54, 1.807) is 6.92 Å². The van der Waals surface area contributed by atoms with Gasteiger partial charge in [-0.25, -0.2) is 0 Å². The Hall–Kier alpha value is -0.240. The van der Waals surface area contributed by atoms with Crippen molar-refractivity contribution in [2.45, 2.75) is 31.1 Å². The zero-order chi connectivity index (χ0) is 7.78. The second-order valence-corrected chi connectivity index (χ2v) is 3.79. The molecule has 0 aliphatic heterocycles. The van der Waals surface area contributed by atoms with Crippen molar-refractivity contribution in [3.05, 3.63) is 0 Å². The monoisotopic (exact) mass is 162 g/mol. The van der Waals surface area contributed by atoms with Crippen molar-refractivity contribution in [1.82, 2.24) is 0 Å². The molecule has 0 amide bonds. The average Bonchev–Trinajstić information content (AvgIpc) is 1.57. The van der Waals surface area contributed by atoms with E-state index in [-0.39, 0.29) is 5.92 Å². The minimum atomic E-state index is -1.02. The summed E-state index contributed by atoms with van der Waals surface area (Å²) in [4.78, 5) is 9.51. The quantitative estimate of drug-likeness (QED) is 0.630. The summed E-state index contributed by atoms with van der Waals surface area (Å²) in [6.07, 6.45) is 3.05. The molecular weight excluding hydrogens is 152 g/mol. The molecule has 0 heterocycles. The molecule has 10 heavy (non-hydrogen) atoms. The third kappa shape index (κ3) is 1.12. The van der Waals surface area contributed by atoms with Crippen LogP contribution in [0, 0.1) is 5.92 Å². The van der Waals surface area contributed by atoms with Crippen LogP contribution in [0.1, 0.15) is 26.2 Å². The number of carbonyl (C=O) groups is 1. The van der Waals surface area contributed by atoms with Gasteiger partial charge >= 0.3 is 5.97 Å². The zero-order valence-corrected chi connectivity index (χ0v) is 6.69. The summed E-state index contributed by atoms with van der Waals surface area (Å²) >= 11 is 5.77. The lowest BCUT2D eigenvalue weighted by Gasteiger charge is -2.34. The molecule has 1 unspecified atom stereocenters. The van der Waals surface area contributed by atoms with Gasteiger partial charge in [0.05, 0.1) is 0 Å². The van der Waals surface area contributed by atoms with Gasteiger partial charge in [0.1, 0.15) is 4.87 Å². The van der Waals surface area contributed by atoms with E-state index in [1.807, 2.05) is 0 Å². The molecule has 1 fully saturated rings. The first-order chi connectivity index (χ1) is 4.55. The van der Waals surface area contributed by atoms with Crippen LogP contribution in [0.4, 0.5) is 0 Å². The number of carboxylic acids is 1. The van der Waals surface area contributed by atoms with Crippen LogP contribution in [-0.2, 0) is 4.79 Å². The maximum atomic E-state index is 10.5. The van der Waals surface area contributed by atoms with E-state index < -0.39 is 10.8 Å². The fraction of sp³-hybridized carbons (Fsp3) is 0.857. The molecule has 0 aromatic carbocycles. The van der Waals surface area contributed by atoms with Crippen molar-refractivity contribution in [2.24, 2.45) is 5.92 Å². The predicted molar refractivity (Wildman–Crippen MR) is 39.2 cm³/mol. The molecular formula is C7H11ClO2. The minimum absolute atomic E-state index is 0.187. The van der Waals surface area contributed by atoms with Crippen molar-refractivity contribution in [2.75, 3.05) is 0 Å². The Morgan fingerprint density at radius 1 is 1.70 bits per heavy atom. The highest BCUT2D eigenvalue weighted by Crippen LogP contribution is 2.40. The van der Waals surface area contributed by atoms with E-state index in [9.17, 15) is 4.79 Å². The lowest BCUT2D eigenvalue weighted by atomic mass is 9.76. The topological polar surface area (TPSA) is 37.3 Å². The van der Waals surface area contributed by atoms with Gasteiger partial charge in [-0.15, -0.1) is 11.6 Å². The normalized spacial score (nSPS) is 25.0. The summed E-state index contributed by atoms with van der Waals surface area (Å²) in [5.41, 5.74) is 0. The summed E-state index contributed by atoms with van der Waals surface area (Å²) < 4.78 is 0. The predicted octanol–water partition coefficient (Wildman–Crippen LogP) is 1.87. The van der Waals surface area contributed by atoms with E-state index >= 15 is 0 Å². The van der Waals surface area contributed by atoms with Gasteiger partial charge in [-0.2, -0.15) is 0 Å². The number of alkyl halides is 1. The molecule has 1 atom stereocenters. The molecule has 0 aromatic heterocycles. The molecule has 0 aromatic rings. The number of hydrogen-bond acceptors (Lipinski definition) is 1. The summed E-state index contributed by atoms with van der Waals surface area (Å²) in [6, 6.07) is 0. The van der Waals surface area contributed by atoms with Gasteiger partial charge in [0.15, 0.2) is 0 Å². The molecule has 0 bridgehead atoms. The van der Waals surface area contributed by atoms with Crippen molar-refractivity contribution < 1.29 is 9.90 Å². The first-order valence-corrected chi connectivity index (χ1v) is 3.85. The first kappa shape index (κ1) is 7.86. The van der Waals surface area contributed by atoms with E-state index in [1.165, 1.54) is 0 Å². The number of rotatable bonds is 2. The van der Waals surface area contributed by atoms with Crippen LogP contribution in [0.25, 0.3) is 0 Å².